The molecule has 0 saturated carbocycles. The van der Waals surface area contributed by atoms with E-state index in [0.717, 1.165) is 39.4 Å². The molecular formula is C20H22N4O3S2. The fraction of sp³-hybridized carbons (Fsp3) is 0.350. The molecule has 1 amide bonds. The molecule has 3 heterocycles. The van der Waals surface area contributed by atoms with E-state index in [2.05, 4.69) is 15.3 Å². The molecule has 1 aromatic carbocycles. The molecule has 1 aliphatic heterocycles. The molecule has 1 saturated heterocycles. The zero-order valence-corrected chi connectivity index (χ0v) is 17.9. The molecule has 152 valence electrons. The fourth-order valence-electron chi connectivity index (χ4n) is 3.50. The summed E-state index contributed by atoms with van der Waals surface area (Å²) in [5.74, 6) is 0.943. The van der Waals surface area contributed by atoms with Gasteiger partial charge in [0.1, 0.15) is 17.0 Å². The number of benzene rings is 1. The number of thiophene rings is 1. The molecule has 29 heavy (non-hydrogen) atoms. The topological polar surface area (TPSA) is 92.3 Å². The van der Waals surface area contributed by atoms with E-state index in [1.165, 1.54) is 17.6 Å². The molecule has 0 bridgehead atoms. The Morgan fingerprint density at radius 2 is 2.03 bits per heavy atom. The maximum atomic E-state index is 11.9. The number of rotatable bonds is 5. The minimum atomic E-state index is -3.22. The van der Waals surface area contributed by atoms with Gasteiger partial charge in [0.05, 0.1) is 10.3 Å². The largest absolute Gasteiger partial charge is 0.365 e. The van der Waals surface area contributed by atoms with E-state index >= 15 is 0 Å². The van der Waals surface area contributed by atoms with Crippen molar-refractivity contribution in [2.45, 2.75) is 30.7 Å². The van der Waals surface area contributed by atoms with Gasteiger partial charge in [-0.15, -0.1) is 11.3 Å². The van der Waals surface area contributed by atoms with Crippen molar-refractivity contribution in [1.29, 1.82) is 0 Å². The highest BCUT2D eigenvalue weighted by Gasteiger charge is 2.26. The molecule has 0 radical (unpaired) electrons. The first-order chi connectivity index (χ1) is 13.8. The maximum absolute atomic E-state index is 11.9. The van der Waals surface area contributed by atoms with Crippen molar-refractivity contribution >= 4 is 43.1 Å². The summed E-state index contributed by atoms with van der Waals surface area (Å²) >= 11 is 1.54. The second-order valence-corrected chi connectivity index (χ2v) is 10.2. The van der Waals surface area contributed by atoms with Crippen LogP contribution in [0.2, 0.25) is 0 Å². The molecule has 1 aliphatic rings. The smallest absolute Gasteiger partial charge is 0.222 e. The van der Waals surface area contributed by atoms with Crippen LogP contribution in [0.15, 0.2) is 41.6 Å². The predicted molar refractivity (Wildman–Crippen MR) is 115 cm³/mol. The number of aromatic nitrogens is 2. The Labute approximate surface area is 173 Å². The highest BCUT2D eigenvalue weighted by molar-refractivity contribution is 7.90. The number of carbonyl (C=O) groups is 1. The van der Waals surface area contributed by atoms with Crippen LogP contribution >= 0.6 is 11.3 Å². The van der Waals surface area contributed by atoms with Crippen molar-refractivity contribution in [3.8, 4) is 10.4 Å². The second-order valence-electron chi connectivity index (χ2n) is 7.17. The lowest BCUT2D eigenvalue weighted by Crippen LogP contribution is -2.31. The quantitative estimate of drug-likeness (QED) is 0.668. The van der Waals surface area contributed by atoms with Gasteiger partial charge in [-0.05, 0) is 30.2 Å². The van der Waals surface area contributed by atoms with Crippen LogP contribution in [0.5, 0.6) is 0 Å². The van der Waals surface area contributed by atoms with Crippen LogP contribution in [-0.4, -0.2) is 54.6 Å². The van der Waals surface area contributed by atoms with Gasteiger partial charge >= 0.3 is 0 Å². The van der Waals surface area contributed by atoms with E-state index < -0.39 is 9.84 Å². The number of anilines is 1. The van der Waals surface area contributed by atoms with Gasteiger partial charge in [0.25, 0.3) is 0 Å². The summed E-state index contributed by atoms with van der Waals surface area (Å²) in [5.41, 5.74) is 0.937. The lowest BCUT2D eigenvalue weighted by molar-refractivity contribution is -0.129. The molecule has 9 heteroatoms. The molecule has 4 rings (SSSR count). The van der Waals surface area contributed by atoms with Gasteiger partial charge in [-0.2, -0.15) is 0 Å². The van der Waals surface area contributed by atoms with Crippen molar-refractivity contribution in [1.82, 2.24) is 14.9 Å². The van der Waals surface area contributed by atoms with Crippen molar-refractivity contribution < 1.29 is 13.2 Å². The number of nitrogens with zero attached hydrogens (tertiary/aromatic N) is 3. The molecule has 0 unspecified atom stereocenters. The number of nitrogens with one attached hydrogen (secondary N) is 1. The molecule has 2 aromatic heterocycles. The SMILES string of the molecule is CCC(=O)N1CC[C@H](Nc2ncnc3sc(-c4ccc(S(C)(=O)=O)cc4)cc23)C1. The first-order valence-electron chi connectivity index (χ1n) is 9.44. The van der Waals surface area contributed by atoms with E-state index in [1.807, 2.05) is 30.0 Å². The number of carbonyl (C=O) groups excluding carboxylic acids is 1. The number of hydrogen-bond acceptors (Lipinski definition) is 7. The summed E-state index contributed by atoms with van der Waals surface area (Å²) in [6.07, 6.45) is 4.16. The standard InChI is InChI=1S/C20H22N4O3S2/c1-3-18(25)24-9-8-14(11-24)23-19-16-10-17(28-20(16)22-12-21-19)13-4-6-15(7-5-13)29(2,26)27/h4-7,10,12,14H,3,8-9,11H2,1-2H3,(H,21,22,23)/t14-/m0/s1. The maximum Gasteiger partial charge on any atom is 0.222 e. The van der Waals surface area contributed by atoms with Crippen LogP contribution in [-0.2, 0) is 14.6 Å². The highest BCUT2D eigenvalue weighted by Crippen LogP contribution is 2.35. The second kappa shape index (κ2) is 7.72. The van der Waals surface area contributed by atoms with E-state index in [9.17, 15) is 13.2 Å². The Hall–Kier alpha value is -2.52. The number of fused-ring (bicyclic) bond motifs is 1. The van der Waals surface area contributed by atoms with Crippen LogP contribution in [0.25, 0.3) is 20.7 Å². The third-order valence-corrected chi connectivity index (χ3v) is 7.30. The average molecular weight is 431 g/mol. The molecule has 1 N–H and O–H groups in total. The lowest BCUT2D eigenvalue weighted by atomic mass is 10.2. The third-order valence-electron chi connectivity index (χ3n) is 5.08. The van der Waals surface area contributed by atoms with Gasteiger partial charge in [-0.25, -0.2) is 18.4 Å². The molecule has 1 atom stereocenters. The summed E-state index contributed by atoms with van der Waals surface area (Å²) in [5, 5.41) is 4.40. The molecule has 0 spiro atoms. The average Bonchev–Trinajstić information content (AvgIpc) is 3.34. The van der Waals surface area contributed by atoms with Gasteiger partial charge in [0.2, 0.25) is 5.91 Å². The van der Waals surface area contributed by atoms with Crippen LogP contribution in [0.3, 0.4) is 0 Å². The lowest BCUT2D eigenvalue weighted by Gasteiger charge is -2.16. The first kappa shape index (κ1) is 19.8. The van der Waals surface area contributed by atoms with Crippen LogP contribution in [0.4, 0.5) is 5.82 Å². The van der Waals surface area contributed by atoms with Gasteiger partial charge in [0, 0.05) is 36.7 Å². The van der Waals surface area contributed by atoms with E-state index in [4.69, 9.17) is 0 Å². The summed E-state index contributed by atoms with van der Waals surface area (Å²) in [6, 6.07) is 9.07. The zero-order valence-electron chi connectivity index (χ0n) is 16.3. The molecule has 1 fully saturated rings. The van der Waals surface area contributed by atoms with Gasteiger partial charge in [0.15, 0.2) is 9.84 Å². The predicted octanol–water partition coefficient (Wildman–Crippen LogP) is 3.18. The van der Waals surface area contributed by atoms with Crippen LogP contribution < -0.4 is 5.32 Å². The Morgan fingerprint density at radius 1 is 1.28 bits per heavy atom. The Kier molecular flexibility index (Phi) is 5.26. The number of sulfone groups is 1. The Balaban J connectivity index is 1.58. The summed E-state index contributed by atoms with van der Waals surface area (Å²) in [7, 11) is -3.22. The van der Waals surface area contributed by atoms with Crippen molar-refractivity contribution in [2.24, 2.45) is 0 Å². The Bertz CT molecular complexity index is 1160. The third kappa shape index (κ3) is 4.11. The highest BCUT2D eigenvalue weighted by atomic mass is 32.2. The van der Waals surface area contributed by atoms with Crippen LogP contribution in [0.1, 0.15) is 19.8 Å². The summed E-state index contributed by atoms with van der Waals surface area (Å²) in [4.78, 5) is 24.8. The fourth-order valence-corrected chi connectivity index (χ4v) is 5.14. The van der Waals surface area contributed by atoms with Crippen molar-refractivity contribution in [2.75, 3.05) is 24.7 Å². The number of hydrogen-bond donors (Lipinski definition) is 1. The minimum absolute atomic E-state index is 0.168. The minimum Gasteiger partial charge on any atom is -0.365 e. The summed E-state index contributed by atoms with van der Waals surface area (Å²) < 4.78 is 23.3. The van der Waals surface area contributed by atoms with Crippen molar-refractivity contribution in [3.63, 3.8) is 0 Å². The van der Waals surface area contributed by atoms with Crippen LogP contribution in [0, 0.1) is 0 Å². The van der Waals surface area contributed by atoms with Crippen molar-refractivity contribution in [3.05, 3.63) is 36.7 Å². The number of likely N-dealkylation sites (tertiary alicyclic amines) is 1. The molecular weight excluding hydrogens is 408 g/mol. The van der Waals surface area contributed by atoms with E-state index in [-0.39, 0.29) is 11.9 Å². The van der Waals surface area contributed by atoms with Gasteiger partial charge in [-0.3, -0.25) is 4.79 Å². The molecule has 0 aliphatic carbocycles. The summed E-state index contributed by atoms with van der Waals surface area (Å²) in [6.45, 7) is 3.33. The Morgan fingerprint density at radius 3 is 2.72 bits per heavy atom. The molecule has 7 nitrogen and oxygen atoms in total. The zero-order chi connectivity index (χ0) is 20.6. The normalized spacial score (nSPS) is 17.0. The first-order valence-corrected chi connectivity index (χ1v) is 12.2. The van der Waals surface area contributed by atoms with Gasteiger partial charge < -0.3 is 10.2 Å². The van der Waals surface area contributed by atoms with Gasteiger partial charge in [-0.1, -0.05) is 19.1 Å². The molecule has 3 aromatic rings. The van der Waals surface area contributed by atoms with E-state index in [1.54, 1.807) is 18.5 Å². The number of amides is 1. The van der Waals surface area contributed by atoms with E-state index in [0.29, 0.717) is 17.9 Å². The monoisotopic (exact) mass is 430 g/mol.